The standard InChI is InChI=1S/C17H21N3O2S.ClH/c1-22-11-6-7-13-15(9-11)23-17(19-13)20-16(21)14-8-10-4-2-3-5-12(10)18-14;/h6-7,9-10,12,14,18H,2-5,8H2,1H3,(H,19,20,21);1H. The summed E-state index contributed by atoms with van der Waals surface area (Å²) in [4.78, 5) is 17.0. The lowest BCUT2D eigenvalue weighted by Crippen LogP contribution is -2.39. The first-order valence-corrected chi connectivity index (χ1v) is 9.06. The molecule has 24 heavy (non-hydrogen) atoms. The van der Waals surface area contributed by atoms with Crippen molar-refractivity contribution in [3.05, 3.63) is 18.2 Å². The number of carbonyl (C=O) groups is 1. The molecule has 130 valence electrons. The molecule has 3 atom stereocenters. The lowest BCUT2D eigenvalue weighted by atomic mass is 9.85. The van der Waals surface area contributed by atoms with E-state index in [-0.39, 0.29) is 24.4 Å². The summed E-state index contributed by atoms with van der Waals surface area (Å²) in [6.07, 6.45) is 5.99. The zero-order valence-corrected chi connectivity index (χ0v) is 15.2. The van der Waals surface area contributed by atoms with Gasteiger partial charge in [-0.3, -0.25) is 4.79 Å². The molecule has 4 rings (SSSR count). The quantitative estimate of drug-likeness (QED) is 0.870. The number of ether oxygens (including phenoxy) is 1. The van der Waals surface area contributed by atoms with Crippen LogP contribution in [0.1, 0.15) is 32.1 Å². The third kappa shape index (κ3) is 3.36. The number of halogens is 1. The number of fused-ring (bicyclic) bond motifs is 2. The summed E-state index contributed by atoms with van der Waals surface area (Å²) in [5.74, 6) is 1.52. The first kappa shape index (κ1) is 17.5. The zero-order chi connectivity index (χ0) is 15.8. The van der Waals surface area contributed by atoms with Crippen LogP contribution in [0.5, 0.6) is 5.75 Å². The number of methoxy groups -OCH3 is 1. The van der Waals surface area contributed by atoms with E-state index in [4.69, 9.17) is 4.74 Å². The van der Waals surface area contributed by atoms with Gasteiger partial charge in [0.25, 0.3) is 0 Å². The van der Waals surface area contributed by atoms with Gasteiger partial charge in [-0.25, -0.2) is 4.98 Å². The van der Waals surface area contributed by atoms with Crippen LogP contribution in [0.2, 0.25) is 0 Å². The molecule has 3 unspecified atom stereocenters. The number of carbonyl (C=O) groups excluding carboxylic acids is 1. The molecule has 2 N–H and O–H groups in total. The third-order valence-corrected chi connectivity index (χ3v) is 5.94. The number of hydrogen-bond donors (Lipinski definition) is 2. The number of benzene rings is 1. The maximum Gasteiger partial charge on any atom is 0.243 e. The monoisotopic (exact) mass is 367 g/mol. The molecule has 2 aliphatic rings. The van der Waals surface area contributed by atoms with Crippen molar-refractivity contribution < 1.29 is 9.53 Å². The smallest absolute Gasteiger partial charge is 0.243 e. The number of nitrogens with one attached hydrogen (secondary N) is 2. The molecule has 2 aromatic rings. The average Bonchev–Trinajstić information content (AvgIpc) is 3.17. The lowest BCUT2D eigenvalue weighted by molar-refractivity contribution is -0.117. The maximum absolute atomic E-state index is 12.5. The Morgan fingerprint density at radius 3 is 3.00 bits per heavy atom. The van der Waals surface area contributed by atoms with E-state index in [0.717, 1.165) is 22.4 Å². The number of amides is 1. The molecule has 1 saturated carbocycles. The highest BCUT2D eigenvalue weighted by atomic mass is 35.5. The molecule has 0 radical (unpaired) electrons. The van der Waals surface area contributed by atoms with Crippen LogP contribution in [-0.4, -0.2) is 30.1 Å². The summed E-state index contributed by atoms with van der Waals surface area (Å²) >= 11 is 1.49. The lowest BCUT2D eigenvalue weighted by Gasteiger charge is -2.24. The van der Waals surface area contributed by atoms with E-state index < -0.39 is 0 Å². The number of rotatable bonds is 3. The van der Waals surface area contributed by atoms with Crippen molar-refractivity contribution in [3.63, 3.8) is 0 Å². The van der Waals surface area contributed by atoms with Crippen LogP contribution in [0.3, 0.4) is 0 Å². The van der Waals surface area contributed by atoms with Crippen LogP contribution < -0.4 is 15.4 Å². The van der Waals surface area contributed by atoms with Crippen LogP contribution in [0, 0.1) is 5.92 Å². The molecule has 1 aromatic heterocycles. The van der Waals surface area contributed by atoms with Gasteiger partial charge in [0.05, 0.1) is 23.4 Å². The molecule has 7 heteroatoms. The summed E-state index contributed by atoms with van der Waals surface area (Å²) in [5, 5.41) is 7.16. The molecule has 1 amide bonds. The second kappa shape index (κ2) is 7.25. The van der Waals surface area contributed by atoms with Crippen molar-refractivity contribution in [3.8, 4) is 5.75 Å². The number of anilines is 1. The molecule has 5 nitrogen and oxygen atoms in total. The van der Waals surface area contributed by atoms with Gasteiger partial charge in [0.15, 0.2) is 5.13 Å². The normalized spacial score (nSPS) is 25.8. The van der Waals surface area contributed by atoms with Gasteiger partial charge < -0.3 is 15.4 Å². The SMILES string of the molecule is COc1ccc2nc(NC(=O)C3CC4CCCCC4N3)sc2c1.Cl. The van der Waals surface area contributed by atoms with Crippen LogP contribution >= 0.6 is 23.7 Å². The fourth-order valence-corrected chi connectivity index (χ4v) is 4.70. The van der Waals surface area contributed by atoms with E-state index in [2.05, 4.69) is 15.6 Å². The van der Waals surface area contributed by atoms with Crippen molar-refractivity contribution in [2.24, 2.45) is 5.92 Å². The van der Waals surface area contributed by atoms with Crippen LogP contribution in [-0.2, 0) is 4.79 Å². The Morgan fingerprint density at radius 2 is 2.21 bits per heavy atom. The Kier molecular flexibility index (Phi) is 5.27. The molecule has 1 aliphatic carbocycles. The van der Waals surface area contributed by atoms with Crippen LogP contribution in [0.15, 0.2) is 18.2 Å². The number of thiazole rings is 1. The van der Waals surface area contributed by atoms with Crippen molar-refractivity contribution in [2.75, 3.05) is 12.4 Å². The van der Waals surface area contributed by atoms with E-state index in [9.17, 15) is 4.79 Å². The molecule has 2 fully saturated rings. The van der Waals surface area contributed by atoms with Crippen molar-refractivity contribution in [1.82, 2.24) is 10.3 Å². The summed E-state index contributed by atoms with van der Waals surface area (Å²) in [6.45, 7) is 0. The van der Waals surface area contributed by atoms with Crippen LogP contribution in [0.25, 0.3) is 10.2 Å². The fraction of sp³-hybridized carbons (Fsp3) is 0.529. The van der Waals surface area contributed by atoms with Gasteiger partial charge in [-0.05, 0) is 43.4 Å². The first-order chi connectivity index (χ1) is 11.2. The van der Waals surface area contributed by atoms with Crippen LogP contribution in [0.4, 0.5) is 5.13 Å². The minimum absolute atomic E-state index is 0. The van der Waals surface area contributed by atoms with Crippen molar-refractivity contribution in [1.29, 1.82) is 0 Å². The predicted octanol–water partition coefficient (Wildman–Crippen LogP) is 3.59. The van der Waals surface area contributed by atoms with E-state index in [1.165, 1.54) is 37.0 Å². The largest absolute Gasteiger partial charge is 0.497 e. The molecule has 1 aromatic carbocycles. The van der Waals surface area contributed by atoms with E-state index in [0.29, 0.717) is 17.1 Å². The second-order valence-electron chi connectivity index (χ2n) is 6.45. The van der Waals surface area contributed by atoms with Crippen molar-refractivity contribution in [2.45, 2.75) is 44.2 Å². The summed E-state index contributed by atoms with van der Waals surface area (Å²) < 4.78 is 6.25. The Balaban J connectivity index is 0.00000169. The molecule has 0 bridgehead atoms. The van der Waals surface area contributed by atoms with Gasteiger partial charge in [-0.1, -0.05) is 24.2 Å². The topological polar surface area (TPSA) is 63.2 Å². The minimum Gasteiger partial charge on any atom is -0.497 e. The van der Waals surface area contributed by atoms with E-state index in [1.807, 2.05) is 18.2 Å². The van der Waals surface area contributed by atoms with Gasteiger partial charge in [0, 0.05) is 6.04 Å². The number of hydrogen-bond acceptors (Lipinski definition) is 5. The van der Waals surface area contributed by atoms with E-state index in [1.54, 1.807) is 7.11 Å². The van der Waals surface area contributed by atoms with Gasteiger partial charge in [-0.2, -0.15) is 0 Å². The molecule has 1 saturated heterocycles. The second-order valence-corrected chi connectivity index (χ2v) is 7.48. The average molecular weight is 368 g/mol. The molecule has 1 aliphatic heterocycles. The van der Waals surface area contributed by atoms with Gasteiger partial charge in [-0.15, -0.1) is 12.4 Å². The maximum atomic E-state index is 12.5. The van der Waals surface area contributed by atoms with Gasteiger partial charge in [0.1, 0.15) is 5.75 Å². The van der Waals surface area contributed by atoms with Gasteiger partial charge in [0.2, 0.25) is 5.91 Å². The van der Waals surface area contributed by atoms with E-state index >= 15 is 0 Å². The molecular weight excluding hydrogens is 346 g/mol. The first-order valence-electron chi connectivity index (χ1n) is 8.24. The zero-order valence-electron chi connectivity index (χ0n) is 13.6. The Bertz CT molecular complexity index is 722. The summed E-state index contributed by atoms with van der Waals surface area (Å²) in [5.41, 5.74) is 0.888. The molecular formula is C17H22ClN3O2S. The Labute approximate surface area is 151 Å². The Morgan fingerprint density at radius 1 is 1.38 bits per heavy atom. The summed E-state index contributed by atoms with van der Waals surface area (Å²) in [6, 6.07) is 6.20. The fourth-order valence-electron chi connectivity index (χ4n) is 3.80. The molecule has 0 spiro atoms. The number of aromatic nitrogens is 1. The molecule has 2 heterocycles. The summed E-state index contributed by atoms with van der Waals surface area (Å²) in [7, 11) is 1.65. The highest BCUT2D eigenvalue weighted by molar-refractivity contribution is 7.22. The number of nitrogens with zero attached hydrogens (tertiary/aromatic N) is 1. The third-order valence-electron chi connectivity index (χ3n) is 5.01. The highest BCUT2D eigenvalue weighted by Gasteiger charge is 2.38. The Hall–Kier alpha value is -1.37. The highest BCUT2D eigenvalue weighted by Crippen LogP contribution is 2.34. The van der Waals surface area contributed by atoms with Crippen molar-refractivity contribution >= 4 is 45.0 Å². The predicted molar refractivity (Wildman–Crippen MR) is 99.3 cm³/mol. The minimum atomic E-state index is -0.0790. The van der Waals surface area contributed by atoms with Gasteiger partial charge >= 0.3 is 0 Å².